The summed E-state index contributed by atoms with van der Waals surface area (Å²) < 4.78 is 42.9. The van der Waals surface area contributed by atoms with Crippen LogP contribution in [0.1, 0.15) is 39.0 Å². The van der Waals surface area contributed by atoms with E-state index in [2.05, 4.69) is 15.6 Å². The predicted molar refractivity (Wildman–Crippen MR) is 92.8 cm³/mol. The van der Waals surface area contributed by atoms with Crippen LogP contribution in [0.25, 0.3) is 0 Å². The Morgan fingerprint density at radius 1 is 1.32 bits per heavy atom. The number of rotatable bonds is 7. The zero-order chi connectivity index (χ0) is 18.5. The number of alkyl halides is 3. The molecule has 0 aliphatic heterocycles. The molecule has 8 heteroatoms. The van der Waals surface area contributed by atoms with Crippen LogP contribution in [0.3, 0.4) is 0 Å². The van der Waals surface area contributed by atoms with E-state index in [0.29, 0.717) is 31.2 Å². The van der Waals surface area contributed by atoms with E-state index >= 15 is 0 Å². The lowest BCUT2D eigenvalue weighted by Gasteiger charge is -2.54. The van der Waals surface area contributed by atoms with Crippen molar-refractivity contribution < 1.29 is 17.9 Å². The fourth-order valence-corrected chi connectivity index (χ4v) is 4.20. The molecule has 2 N–H and O–H groups in total. The molecule has 2 unspecified atom stereocenters. The summed E-state index contributed by atoms with van der Waals surface area (Å²) in [5.41, 5.74) is 0.195. The summed E-state index contributed by atoms with van der Waals surface area (Å²) in [5, 5.41) is 6.59. The number of halogens is 3. The van der Waals surface area contributed by atoms with E-state index < -0.39 is 12.7 Å². The summed E-state index contributed by atoms with van der Waals surface area (Å²) in [5.74, 6) is 0.659. The molecule has 0 aromatic heterocycles. The monoisotopic (exact) mass is 364 g/mol. The number of guanidine groups is 1. The minimum absolute atomic E-state index is 0.195. The first-order valence-corrected chi connectivity index (χ1v) is 9.15. The Morgan fingerprint density at radius 3 is 2.56 bits per heavy atom. The SMILES string of the molecule is CCOC1CC(NC(=NC)NCCN(C)CC(F)(F)F)C12CCCC2. The fourth-order valence-electron chi connectivity index (χ4n) is 4.20. The van der Waals surface area contributed by atoms with E-state index in [4.69, 9.17) is 4.74 Å². The second kappa shape index (κ2) is 8.58. The summed E-state index contributed by atoms with van der Waals surface area (Å²) in [7, 11) is 3.16. The van der Waals surface area contributed by atoms with Gasteiger partial charge < -0.3 is 15.4 Å². The first-order valence-electron chi connectivity index (χ1n) is 9.15. The second-order valence-corrected chi connectivity index (χ2v) is 7.17. The number of nitrogens with zero attached hydrogens (tertiary/aromatic N) is 2. The van der Waals surface area contributed by atoms with Crippen LogP contribution in [0.5, 0.6) is 0 Å². The van der Waals surface area contributed by atoms with Gasteiger partial charge in [0.25, 0.3) is 0 Å². The Morgan fingerprint density at radius 2 is 2.00 bits per heavy atom. The molecule has 1 spiro atoms. The third-order valence-electron chi connectivity index (χ3n) is 5.46. The van der Waals surface area contributed by atoms with Gasteiger partial charge in [-0.3, -0.25) is 9.89 Å². The molecule has 25 heavy (non-hydrogen) atoms. The highest BCUT2D eigenvalue weighted by atomic mass is 19.4. The van der Waals surface area contributed by atoms with Crippen molar-refractivity contribution in [3.05, 3.63) is 0 Å². The molecule has 0 heterocycles. The number of hydrogen-bond acceptors (Lipinski definition) is 3. The predicted octanol–water partition coefficient (Wildman–Crippen LogP) is 2.38. The van der Waals surface area contributed by atoms with Crippen molar-refractivity contribution in [3.63, 3.8) is 0 Å². The highest BCUT2D eigenvalue weighted by Gasteiger charge is 2.56. The number of nitrogens with one attached hydrogen (secondary N) is 2. The third kappa shape index (κ3) is 5.23. The zero-order valence-electron chi connectivity index (χ0n) is 15.5. The van der Waals surface area contributed by atoms with Crippen molar-refractivity contribution in [3.8, 4) is 0 Å². The summed E-state index contributed by atoms with van der Waals surface area (Å²) >= 11 is 0. The van der Waals surface area contributed by atoms with Crippen LogP contribution >= 0.6 is 0 Å². The molecule has 2 atom stereocenters. The number of likely N-dealkylation sites (N-methyl/N-ethyl adjacent to an activating group) is 1. The maximum atomic E-state index is 12.3. The van der Waals surface area contributed by atoms with E-state index in [1.807, 2.05) is 6.92 Å². The third-order valence-corrected chi connectivity index (χ3v) is 5.46. The van der Waals surface area contributed by atoms with Crippen LogP contribution in [0.15, 0.2) is 4.99 Å². The van der Waals surface area contributed by atoms with Crippen molar-refractivity contribution >= 4 is 5.96 Å². The Bertz CT molecular complexity index is 450. The summed E-state index contributed by atoms with van der Waals surface area (Å²) in [6.07, 6.45) is 1.91. The summed E-state index contributed by atoms with van der Waals surface area (Å²) in [6, 6.07) is 0.325. The highest BCUT2D eigenvalue weighted by Crippen LogP contribution is 2.54. The quantitative estimate of drug-likeness (QED) is 0.538. The van der Waals surface area contributed by atoms with Gasteiger partial charge in [0.15, 0.2) is 5.96 Å². The molecular weight excluding hydrogens is 333 g/mol. The van der Waals surface area contributed by atoms with Gasteiger partial charge in [0.1, 0.15) is 0 Å². The average molecular weight is 364 g/mol. The van der Waals surface area contributed by atoms with Crippen LogP contribution < -0.4 is 10.6 Å². The van der Waals surface area contributed by atoms with Gasteiger partial charge in [-0.1, -0.05) is 12.8 Å². The van der Waals surface area contributed by atoms with E-state index in [9.17, 15) is 13.2 Å². The fraction of sp³-hybridized carbons (Fsp3) is 0.941. The van der Waals surface area contributed by atoms with Crippen molar-refractivity contribution in [2.45, 2.75) is 57.3 Å². The molecule has 2 fully saturated rings. The van der Waals surface area contributed by atoms with Gasteiger partial charge in [-0.25, -0.2) is 0 Å². The Balaban J connectivity index is 1.78. The minimum atomic E-state index is -4.16. The minimum Gasteiger partial charge on any atom is -0.378 e. The van der Waals surface area contributed by atoms with Crippen LogP contribution in [0.4, 0.5) is 13.2 Å². The Hall–Kier alpha value is -1.02. The maximum absolute atomic E-state index is 12.3. The van der Waals surface area contributed by atoms with Gasteiger partial charge in [0.2, 0.25) is 0 Å². The van der Waals surface area contributed by atoms with Crippen molar-refractivity contribution in [1.29, 1.82) is 0 Å². The van der Waals surface area contributed by atoms with Crippen LogP contribution in [-0.2, 0) is 4.74 Å². The highest BCUT2D eigenvalue weighted by molar-refractivity contribution is 5.80. The Labute approximate surface area is 148 Å². The van der Waals surface area contributed by atoms with Gasteiger partial charge >= 0.3 is 6.18 Å². The first kappa shape index (κ1) is 20.3. The molecule has 0 saturated heterocycles. The maximum Gasteiger partial charge on any atom is 0.401 e. The van der Waals surface area contributed by atoms with Gasteiger partial charge in [0, 0.05) is 38.2 Å². The molecule has 0 bridgehead atoms. The lowest BCUT2D eigenvalue weighted by Crippen LogP contribution is -2.65. The first-order chi connectivity index (χ1) is 11.8. The molecule has 5 nitrogen and oxygen atoms in total. The topological polar surface area (TPSA) is 48.9 Å². The van der Waals surface area contributed by atoms with Crippen LogP contribution in [-0.4, -0.2) is 69.5 Å². The molecule has 0 radical (unpaired) electrons. The van der Waals surface area contributed by atoms with E-state index in [0.717, 1.165) is 13.0 Å². The van der Waals surface area contributed by atoms with Crippen molar-refractivity contribution in [1.82, 2.24) is 15.5 Å². The van der Waals surface area contributed by atoms with Gasteiger partial charge in [0.05, 0.1) is 12.6 Å². The van der Waals surface area contributed by atoms with Gasteiger partial charge in [-0.05, 0) is 33.2 Å². The molecular formula is C17H31F3N4O. The molecule has 2 aliphatic carbocycles. The number of ether oxygens (including phenoxy) is 1. The number of hydrogen-bond donors (Lipinski definition) is 2. The van der Waals surface area contributed by atoms with E-state index in [1.165, 1.54) is 37.6 Å². The van der Waals surface area contributed by atoms with Gasteiger partial charge in [-0.15, -0.1) is 0 Å². The van der Waals surface area contributed by atoms with Crippen LogP contribution in [0.2, 0.25) is 0 Å². The standard InChI is InChI=1S/C17H31F3N4O/c1-4-25-14-11-13(16(14)7-5-6-8-16)23-15(21-2)22-9-10-24(3)12-17(18,19)20/h13-14H,4-12H2,1-3H3,(H2,21,22,23). The van der Waals surface area contributed by atoms with E-state index in [-0.39, 0.29) is 5.41 Å². The second-order valence-electron chi connectivity index (χ2n) is 7.17. The molecule has 0 aromatic rings. The largest absolute Gasteiger partial charge is 0.401 e. The molecule has 2 rings (SSSR count). The normalized spacial score (nSPS) is 26.1. The summed E-state index contributed by atoms with van der Waals surface area (Å²) in [6.45, 7) is 2.58. The average Bonchev–Trinajstić information content (AvgIpc) is 3.03. The van der Waals surface area contributed by atoms with Crippen molar-refractivity contribution in [2.24, 2.45) is 10.4 Å². The Kier molecular flexibility index (Phi) is 6.96. The van der Waals surface area contributed by atoms with E-state index in [1.54, 1.807) is 7.05 Å². The van der Waals surface area contributed by atoms with Crippen LogP contribution in [0, 0.1) is 5.41 Å². The lowest BCUT2D eigenvalue weighted by atomic mass is 9.60. The molecule has 2 saturated carbocycles. The smallest absolute Gasteiger partial charge is 0.378 e. The number of aliphatic imine (C=N–C) groups is 1. The van der Waals surface area contributed by atoms with Gasteiger partial charge in [-0.2, -0.15) is 13.2 Å². The lowest BCUT2D eigenvalue weighted by molar-refractivity contribution is -0.142. The van der Waals surface area contributed by atoms with Crippen molar-refractivity contribution in [2.75, 3.05) is 40.3 Å². The molecule has 0 amide bonds. The zero-order valence-corrected chi connectivity index (χ0v) is 15.5. The molecule has 2 aliphatic rings. The molecule has 0 aromatic carbocycles. The molecule has 146 valence electrons. The summed E-state index contributed by atoms with van der Waals surface area (Å²) in [4.78, 5) is 5.48.